The highest BCUT2D eigenvalue weighted by Gasteiger charge is 1.94. The van der Waals surface area contributed by atoms with E-state index < -0.39 is 0 Å². The number of nitrogens with zero attached hydrogens (tertiary/aromatic N) is 1. The zero-order valence-electron chi connectivity index (χ0n) is 7.43. The molecule has 0 heterocycles. The number of nitrogens with one attached hydrogen (secondary N) is 2. The summed E-state index contributed by atoms with van der Waals surface area (Å²) in [6, 6.07) is 0. The van der Waals surface area contributed by atoms with Gasteiger partial charge in [0, 0.05) is 13.3 Å². The molecule has 0 amide bonds. The lowest BCUT2D eigenvalue weighted by Crippen LogP contribution is -3.12. The highest BCUT2D eigenvalue weighted by Crippen LogP contribution is 1.85. The van der Waals surface area contributed by atoms with Crippen LogP contribution in [0.15, 0.2) is 16.4 Å². The molecule has 0 bridgehead atoms. The summed E-state index contributed by atoms with van der Waals surface area (Å²) in [4.78, 5) is 3.75. The van der Waals surface area contributed by atoms with E-state index >= 15 is 0 Å². The second-order valence-corrected chi connectivity index (χ2v) is 2.48. The molecule has 0 saturated heterocycles. The maximum absolute atomic E-state index is 10.9. The van der Waals surface area contributed by atoms with Gasteiger partial charge in [-0.05, 0) is 0 Å². The van der Waals surface area contributed by atoms with Crippen LogP contribution in [0, 0.1) is 0 Å². The van der Waals surface area contributed by atoms with Crippen LogP contribution in [0.2, 0.25) is 0 Å². The molecule has 0 saturated carbocycles. The molecule has 64 valence electrons. The van der Waals surface area contributed by atoms with E-state index in [1.807, 2.05) is 14.1 Å². The van der Waals surface area contributed by atoms with Gasteiger partial charge in [0.1, 0.15) is 0 Å². The van der Waals surface area contributed by atoms with Gasteiger partial charge in [0.2, 0.25) is 0 Å². The van der Waals surface area contributed by atoms with Gasteiger partial charge >= 0.3 is 0 Å². The van der Waals surface area contributed by atoms with Crippen molar-refractivity contribution in [1.29, 1.82) is 0 Å². The standard InChI is InChI=1S/C7H15N3O/c1-6(11)7(5-8-2)9-10(3)4/h5,9,11H,1-4H3/b7-6-,8-5?. The molecule has 0 aromatic rings. The van der Waals surface area contributed by atoms with Gasteiger partial charge in [0.15, 0.2) is 0 Å². The molecule has 2 N–H and O–H groups in total. The van der Waals surface area contributed by atoms with Crippen LogP contribution in [0.3, 0.4) is 0 Å². The average molecular weight is 157 g/mol. The monoisotopic (exact) mass is 157 g/mol. The van der Waals surface area contributed by atoms with Gasteiger partial charge < -0.3 is 5.11 Å². The Balaban J connectivity index is 4.25. The Morgan fingerprint density at radius 2 is 2.09 bits per heavy atom. The van der Waals surface area contributed by atoms with Gasteiger partial charge in [0.25, 0.3) is 0 Å². The predicted octanol–water partition coefficient (Wildman–Crippen LogP) is -2.07. The molecule has 4 heteroatoms. The van der Waals surface area contributed by atoms with Crippen molar-refractivity contribution in [2.75, 3.05) is 21.1 Å². The minimum Gasteiger partial charge on any atom is -0.874 e. The molecular formula is C7H15N3O. The summed E-state index contributed by atoms with van der Waals surface area (Å²) in [6.45, 7) is 1.51. The maximum atomic E-state index is 10.9. The highest BCUT2D eigenvalue weighted by atomic mass is 16.3. The zero-order valence-corrected chi connectivity index (χ0v) is 7.43. The van der Waals surface area contributed by atoms with Crippen molar-refractivity contribution in [3.05, 3.63) is 11.5 Å². The van der Waals surface area contributed by atoms with E-state index in [0.29, 0.717) is 5.70 Å². The predicted molar refractivity (Wildman–Crippen MR) is 43.1 cm³/mol. The van der Waals surface area contributed by atoms with Gasteiger partial charge in [-0.2, -0.15) is 0 Å². The fraction of sp³-hybridized carbons (Fsp3) is 0.571. The van der Waals surface area contributed by atoms with Crippen molar-refractivity contribution in [1.82, 2.24) is 5.43 Å². The van der Waals surface area contributed by atoms with Crippen molar-refractivity contribution in [2.45, 2.75) is 6.92 Å². The molecule has 0 aromatic heterocycles. The number of hydrogen-bond donors (Lipinski definition) is 2. The van der Waals surface area contributed by atoms with E-state index in [4.69, 9.17) is 0 Å². The second kappa shape index (κ2) is 4.73. The second-order valence-electron chi connectivity index (χ2n) is 2.48. The summed E-state index contributed by atoms with van der Waals surface area (Å²) in [5, 5.41) is 11.8. The highest BCUT2D eigenvalue weighted by molar-refractivity contribution is 5.77. The van der Waals surface area contributed by atoms with E-state index in [1.54, 1.807) is 7.05 Å². The average Bonchev–Trinajstić information content (AvgIpc) is 1.86. The Bertz CT molecular complexity index is 169. The number of aliphatic imine (C=N–C) groups is 1. The van der Waals surface area contributed by atoms with Crippen LogP contribution >= 0.6 is 0 Å². The molecule has 0 radical (unpaired) electrons. The summed E-state index contributed by atoms with van der Waals surface area (Å²) in [6.07, 6.45) is 1.52. The van der Waals surface area contributed by atoms with Crippen LogP contribution in [0.25, 0.3) is 0 Å². The van der Waals surface area contributed by atoms with Gasteiger partial charge in [-0.15, -0.1) is 5.76 Å². The Labute approximate surface area is 67.2 Å². The minimum atomic E-state index is -0.00296. The molecule has 0 fully saturated rings. The molecule has 4 nitrogen and oxygen atoms in total. The molecule has 0 spiro atoms. The summed E-state index contributed by atoms with van der Waals surface area (Å²) in [5.74, 6) is -0.00296. The Morgan fingerprint density at radius 1 is 1.55 bits per heavy atom. The lowest BCUT2D eigenvalue weighted by Gasteiger charge is -2.15. The van der Waals surface area contributed by atoms with Crippen molar-refractivity contribution in [3.8, 4) is 0 Å². The smallest absolute Gasteiger partial charge is 0.0905 e. The molecule has 0 atom stereocenters. The lowest BCUT2D eigenvalue weighted by atomic mass is 10.4. The number of quaternary nitrogens is 1. The van der Waals surface area contributed by atoms with Crippen molar-refractivity contribution in [2.24, 2.45) is 4.99 Å². The number of rotatable bonds is 3. The topological polar surface area (TPSA) is 51.9 Å². The molecule has 0 aliphatic rings. The van der Waals surface area contributed by atoms with Gasteiger partial charge in [-0.3, -0.25) is 4.99 Å². The first-order valence-corrected chi connectivity index (χ1v) is 3.45. The van der Waals surface area contributed by atoms with Gasteiger partial charge in [-0.25, -0.2) is 10.4 Å². The summed E-state index contributed by atoms with van der Waals surface area (Å²) >= 11 is 0. The lowest BCUT2D eigenvalue weighted by molar-refractivity contribution is -0.900. The van der Waals surface area contributed by atoms with Crippen molar-refractivity contribution in [3.63, 3.8) is 0 Å². The minimum absolute atomic E-state index is 0.00296. The first-order chi connectivity index (χ1) is 5.07. The van der Waals surface area contributed by atoms with Crippen LogP contribution in [-0.2, 0) is 0 Å². The normalized spacial score (nSPS) is 13.9. The third kappa shape index (κ3) is 4.38. The van der Waals surface area contributed by atoms with Crippen LogP contribution in [0.4, 0.5) is 0 Å². The van der Waals surface area contributed by atoms with E-state index in [9.17, 15) is 5.11 Å². The number of allylic oxidation sites excluding steroid dienone is 2. The van der Waals surface area contributed by atoms with E-state index in [1.165, 1.54) is 13.1 Å². The van der Waals surface area contributed by atoms with E-state index in [2.05, 4.69) is 10.4 Å². The molecule has 0 aliphatic heterocycles. The zero-order chi connectivity index (χ0) is 8.85. The van der Waals surface area contributed by atoms with Gasteiger partial charge in [-0.1, -0.05) is 6.92 Å². The van der Waals surface area contributed by atoms with E-state index in [0.717, 1.165) is 5.01 Å². The molecular weight excluding hydrogens is 142 g/mol. The van der Waals surface area contributed by atoms with Crippen molar-refractivity contribution >= 4 is 6.21 Å². The Kier molecular flexibility index (Phi) is 4.29. The Hall–Kier alpha value is -1.03. The quantitative estimate of drug-likeness (QED) is 0.281. The SMILES string of the molecule is CN=C/C(N[NH+](C)C)=C(\C)[O-]. The summed E-state index contributed by atoms with van der Waals surface area (Å²) in [5.41, 5.74) is 3.45. The third-order valence-electron chi connectivity index (χ3n) is 1.02. The first-order valence-electron chi connectivity index (χ1n) is 3.45. The Morgan fingerprint density at radius 3 is 2.36 bits per heavy atom. The fourth-order valence-corrected chi connectivity index (χ4v) is 0.610. The maximum Gasteiger partial charge on any atom is 0.0905 e. The summed E-state index contributed by atoms with van der Waals surface area (Å²) < 4.78 is 0. The molecule has 0 rings (SSSR count). The first kappa shape index (κ1) is 9.97. The van der Waals surface area contributed by atoms with Crippen LogP contribution < -0.4 is 15.5 Å². The van der Waals surface area contributed by atoms with Crippen LogP contribution in [-0.4, -0.2) is 27.4 Å². The third-order valence-corrected chi connectivity index (χ3v) is 1.02. The number of hydrogen-bond acceptors (Lipinski definition) is 3. The molecule has 0 aliphatic carbocycles. The van der Waals surface area contributed by atoms with Crippen LogP contribution in [0.5, 0.6) is 0 Å². The fourth-order valence-electron chi connectivity index (χ4n) is 0.610. The van der Waals surface area contributed by atoms with E-state index in [-0.39, 0.29) is 5.76 Å². The molecule has 0 aromatic carbocycles. The summed E-state index contributed by atoms with van der Waals surface area (Å²) in [7, 11) is 5.43. The van der Waals surface area contributed by atoms with Crippen molar-refractivity contribution < 1.29 is 10.1 Å². The largest absolute Gasteiger partial charge is 0.874 e. The van der Waals surface area contributed by atoms with Gasteiger partial charge in [0.05, 0.1) is 19.8 Å². The van der Waals surface area contributed by atoms with Crippen LogP contribution in [0.1, 0.15) is 6.92 Å². The molecule has 11 heavy (non-hydrogen) atoms. The molecule has 0 unspecified atom stereocenters.